The second kappa shape index (κ2) is 4.97. The highest BCUT2D eigenvalue weighted by molar-refractivity contribution is 9.10. The molecular formula is C9H12BrN3. The Balaban J connectivity index is 2.68. The Kier molecular flexibility index (Phi) is 3.89. The van der Waals surface area contributed by atoms with Gasteiger partial charge in [-0.25, -0.2) is 0 Å². The highest BCUT2D eigenvalue weighted by Crippen LogP contribution is 2.07. The van der Waals surface area contributed by atoms with E-state index in [2.05, 4.69) is 32.9 Å². The lowest BCUT2D eigenvalue weighted by Gasteiger charge is -2.07. The van der Waals surface area contributed by atoms with Crippen LogP contribution in [0.3, 0.4) is 0 Å². The van der Waals surface area contributed by atoms with Gasteiger partial charge in [-0.05, 0) is 28.9 Å². The molecule has 0 aliphatic carbocycles. The van der Waals surface area contributed by atoms with E-state index < -0.39 is 0 Å². The first-order valence-corrected chi connectivity index (χ1v) is 4.87. The maximum Gasteiger partial charge on any atom is 0.0558 e. The van der Waals surface area contributed by atoms with Gasteiger partial charge in [0.1, 0.15) is 0 Å². The summed E-state index contributed by atoms with van der Waals surface area (Å²) >= 11 is 3.35. The van der Waals surface area contributed by atoms with Gasteiger partial charge in [-0.1, -0.05) is 0 Å². The SMILES string of the molecule is CCN(C)/N=C/c1cncc(Br)c1. The van der Waals surface area contributed by atoms with Gasteiger partial charge in [-0.3, -0.25) is 4.98 Å². The van der Waals surface area contributed by atoms with E-state index in [0.717, 1.165) is 16.6 Å². The van der Waals surface area contributed by atoms with E-state index in [4.69, 9.17) is 0 Å². The Morgan fingerprint density at radius 3 is 3.00 bits per heavy atom. The average molecular weight is 242 g/mol. The molecule has 1 aromatic rings. The maximum absolute atomic E-state index is 4.20. The zero-order valence-corrected chi connectivity index (χ0v) is 9.32. The summed E-state index contributed by atoms with van der Waals surface area (Å²) in [5, 5.41) is 6.06. The van der Waals surface area contributed by atoms with Gasteiger partial charge in [-0.2, -0.15) is 5.10 Å². The summed E-state index contributed by atoms with van der Waals surface area (Å²) in [6, 6.07) is 1.97. The van der Waals surface area contributed by atoms with Crippen LogP contribution in [0.25, 0.3) is 0 Å². The molecular weight excluding hydrogens is 230 g/mol. The number of aromatic nitrogens is 1. The van der Waals surface area contributed by atoms with Gasteiger partial charge in [0.2, 0.25) is 0 Å². The van der Waals surface area contributed by atoms with E-state index in [1.807, 2.05) is 18.1 Å². The van der Waals surface area contributed by atoms with Crippen LogP contribution < -0.4 is 0 Å². The molecule has 0 saturated carbocycles. The van der Waals surface area contributed by atoms with Gasteiger partial charge < -0.3 is 5.01 Å². The lowest BCUT2D eigenvalue weighted by Crippen LogP contribution is -2.09. The molecule has 0 unspecified atom stereocenters. The van der Waals surface area contributed by atoms with Crippen LogP contribution in [0.15, 0.2) is 28.0 Å². The van der Waals surface area contributed by atoms with Crippen molar-refractivity contribution in [3.63, 3.8) is 0 Å². The Bertz CT molecular complexity index is 299. The van der Waals surface area contributed by atoms with Crippen molar-refractivity contribution in [2.75, 3.05) is 13.6 Å². The Hall–Kier alpha value is -0.900. The van der Waals surface area contributed by atoms with Crippen molar-refractivity contribution in [2.24, 2.45) is 5.10 Å². The summed E-state index contributed by atoms with van der Waals surface area (Å²) in [5.74, 6) is 0. The molecule has 0 aliphatic rings. The summed E-state index contributed by atoms with van der Waals surface area (Å²) in [6.45, 7) is 2.95. The third-order valence-electron chi connectivity index (χ3n) is 1.59. The summed E-state index contributed by atoms with van der Waals surface area (Å²) in [5.41, 5.74) is 0.995. The molecule has 0 spiro atoms. The quantitative estimate of drug-likeness (QED) is 0.600. The molecule has 1 heterocycles. The topological polar surface area (TPSA) is 28.5 Å². The number of hydrogen-bond acceptors (Lipinski definition) is 3. The van der Waals surface area contributed by atoms with E-state index in [9.17, 15) is 0 Å². The van der Waals surface area contributed by atoms with Gasteiger partial charge in [-0.15, -0.1) is 0 Å². The fraction of sp³-hybridized carbons (Fsp3) is 0.333. The molecule has 0 amide bonds. The molecule has 70 valence electrons. The number of nitrogens with zero attached hydrogens (tertiary/aromatic N) is 3. The average Bonchev–Trinajstić information content (AvgIpc) is 2.14. The summed E-state index contributed by atoms with van der Waals surface area (Å²) in [6.07, 6.45) is 5.32. The van der Waals surface area contributed by atoms with Crippen LogP contribution in [0.5, 0.6) is 0 Å². The minimum absolute atomic E-state index is 0.901. The van der Waals surface area contributed by atoms with E-state index in [-0.39, 0.29) is 0 Å². The van der Waals surface area contributed by atoms with Crippen molar-refractivity contribution in [3.8, 4) is 0 Å². The molecule has 0 saturated heterocycles. The van der Waals surface area contributed by atoms with Crippen LogP contribution in [-0.4, -0.2) is 29.8 Å². The molecule has 0 aliphatic heterocycles. The third kappa shape index (κ3) is 3.55. The second-order valence-electron chi connectivity index (χ2n) is 2.65. The monoisotopic (exact) mass is 241 g/mol. The lowest BCUT2D eigenvalue weighted by atomic mass is 10.3. The van der Waals surface area contributed by atoms with Gasteiger partial charge in [0.25, 0.3) is 0 Å². The molecule has 0 bridgehead atoms. The highest BCUT2D eigenvalue weighted by atomic mass is 79.9. The third-order valence-corrected chi connectivity index (χ3v) is 2.02. The highest BCUT2D eigenvalue weighted by Gasteiger charge is 1.90. The zero-order valence-electron chi connectivity index (χ0n) is 7.74. The minimum Gasteiger partial charge on any atom is -0.300 e. The summed E-state index contributed by atoms with van der Waals surface area (Å²) in [4.78, 5) is 4.03. The molecule has 0 aromatic carbocycles. The van der Waals surface area contributed by atoms with Gasteiger partial charge in [0.15, 0.2) is 0 Å². The largest absolute Gasteiger partial charge is 0.300 e. The van der Waals surface area contributed by atoms with Crippen LogP contribution >= 0.6 is 15.9 Å². The van der Waals surface area contributed by atoms with E-state index in [1.165, 1.54) is 0 Å². The molecule has 1 rings (SSSR count). The Morgan fingerprint density at radius 2 is 2.38 bits per heavy atom. The van der Waals surface area contributed by atoms with Crippen LogP contribution in [-0.2, 0) is 0 Å². The van der Waals surface area contributed by atoms with E-state index in [0.29, 0.717) is 0 Å². The number of hydrazone groups is 1. The molecule has 4 heteroatoms. The van der Waals surface area contributed by atoms with Crippen molar-refractivity contribution < 1.29 is 0 Å². The minimum atomic E-state index is 0.901. The van der Waals surface area contributed by atoms with Crippen molar-refractivity contribution in [1.82, 2.24) is 9.99 Å². The molecule has 3 nitrogen and oxygen atoms in total. The summed E-state index contributed by atoms with van der Waals surface area (Å²) in [7, 11) is 1.93. The van der Waals surface area contributed by atoms with Crippen molar-refractivity contribution >= 4 is 22.1 Å². The first-order chi connectivity index (χ1) is 6.22. The fourth-order valence-corrected chi connectivity index (χ4v) is 1.13. The standard InChI is InChI=1S/C9H12BrN3/c1-3-13(2)12-6-8-4-9(10)7-11-5-8/h4-7H,3H2,1-2H3/b12-6+. The van der Waals surface area contributed by atoms with Crippen LogP contribution in [0.1, 0.15) is 12.5 Å². The van der Waals surface area contributed by atoms with Gasteiger partial charge in [0.05, 0.1) is 6.21 Å². The van der Waals surface area contributed by atoms with Gasteiger partial charge in [0, 0.05) is 36.0 Å². The summed E-state index contributed by atoms with van der Waals surface area (Å²) < 4.78 is 0.968. The normalized spacial score (nSPS) is 10.7. The van der Waals surface area contributed by atoms with Crippen molar-refractivity contribution in [1.29, 1.82) is 0 Å². The van der Waals surface area contributed by atoms with Crippen LogP contribution in [0.4, 0.5) is 0 Å². The molecule has 0 N–H and O–H groups in total. The number of pyridine rings is 1. The first-order valence-electron chi connectivity index (χ1n) is 4.08. The number of halogens is 1. The smallest absolute Gasteiger partial charge is 0.0558 e. The van der Waals surface area contributed by atoms with Crippen molar-refractivity contribution in [3.05, 3.63) is 28.5 Å². The molecule has 0 atom stereocenters. The van der Waals surface area contributed by atoms with E-state index in [1.54, 1.807) is 18.6 Å². The maximum atomic E-state index is 4.20. The predicted molar refractivity (Wildman–Crippen MR) is 57.8 cm³/mol. The Labute approximate surface area is 86.6 Å². The lowest BCUT2D eigenvalue weighted by molar-refractivity contribution is 0.377. The Morgan fingerprint density at radius 1 is 1.62 bits per heavy atom. The van der Waals surface area contributed by atoms with Crippen molar-refractivity contribution in [2.45, 2.75) is 6.92 Å². The zero-order chi connectivity index (χ0) is 9.68. The predicted octanol–water partition coefficient (Wildman–Crippen LogP) is 2.13. The van der Waals surface area contributed by atoms with E-state index >= 15 is 0 Å². The first kappa shape index (κ1) is 10.2. The van der Waals surface area contributed by atoms with Gasteiger partial charge >= 0.3 is 0 Å². The molecule has 0 fully saturated rings. The number of rotatable bonds is 3. The number of hydrogen-bond donors (Lipinski definition) is 0. The second-order valence-corrected chi connectivity index (χ2v) is 3.57. The van der Waals surface area contributed by atoms with Crippen LogP contribution in [0.2, 0.25) is 0 Å². The molecule has 0 radical (unpaired) electrons. The fourth-order valence-electron chi connectivity index (χ4n) is 0.746. The molecule has 1 aromatic heterocycles. The van der Waals surface area contributed by atoms with Crippen LogP contribution in [0, 0.1) is 0 Å². The molecule has 13 heavy (non-hydrogen) atoms.